The van der Waals surface area contributed by atoms with E-state index in [1.165, 1.54) is 44.1 Å². The Bertz CT molecular complexity index is 937. The summed E-state index contributed by atoms with van der Waals surface area (Å²) < 4.78 is 6.02. The van der Waals surface area contributed by atoms with Gasteiger partial charge in [0.2, 0.25) is 0 Å². The van der Waals surface area contributed by atoms with E-state index in [0.717, 1.165) is 23.7 Å². The second-order valence-electron chi connectivity index (χ2n) is 8.37. The molecule has 0 spiro atoms. The van der Waals surface area contributed by atoms with Crippen molar-refractivity contribution >= 4 is 17.8 Å². The third-order valence-electron chi connectivity index (χ3n) is 6.04. The molecule has 0 heterocycles. The number of unbranched alkanes of at least 4 members (excludes halogenated alkanes) is 4. The minimum Gasteiger partial charge on any atom is -0.489 e. The van der Waals surface area contributed by atoms with Crippen LogP contribution >= 0.6 is 0 Å². The quantitative estimate of drug-likeness (QED) is 0.160. The molecule has 2 aromatic carbocycles. The van der Waals surface area contributed by atoms with Gasteiger partial charge in [-0.15, -0.1) is 0 Å². The number of hydrogen-bond acceptors (Lipinski definition) is 4. The first-order valence-corrected chi connectivity index (χ1v) is 11.4. The van der Waals surface area contributed by atoms with E-state index in [0.29, 0.717) is 18.1 Å². The van der Waals surface area contributed by atoms with Gasteiger partial charge in [-0.25, -0.2) is 4.79 Å². The SMILES string of the molecule is C=C(C(=O)O)c1ccccc1COc1cccc(C2CC2CCCCCCC=NOC)c1. The lowest BCUT2D eigenvalue weighted by molar-refractivity contribution is -0.130. The topological polar surface area (TPSA) is 68.1 Å². The molecule has 1 aliphatic carbocycles. The average Bonchev–Trinajstić information content (AvgIpc) is 3.59. The van der Waals surface area contributed by atoms with E-state index in [2.05, 4.69) is 28.7 Å². The van der Waals surface area contributed by atoms with Gasteiger partial charge in [0, 0.05) is 6.21 Å². The fraction of sp³-hybridized carbons (Fsp3) is 0.407. The molecule has 2 aromatic rings. The standard InChI is InChI=1S/C27H33NO4/c1-20(27(29)30)25-15-8-7-12-23(25)19-32-24-14-10-13-21(17-24)26-18-22(26)11-6-4-3-5-9-16-28-31-2/h7-8,10,12-17,22,26H,1,3-6,9,11,18-19H2,2H3,(H,29,30). The van der Waals surface area contributed by atoms with Crippen LogP contribution < -0.4 is 4.74 Å². The summed E-state index contributed by atoms with van der Waals surface area (Å²) in [6, 6.07) is 15.7. The van der Waals surface area contributed by atoms with Gasteiger partial charge in [0.15, 0.2) is 0 Å². The summed E-state index contributed by atoms with van der Waals surface area (Å²) in [5.74, 6) is 1.21. The second kappa shape index (κ2) is 12.1. The van der Waals surface area contributed by atoms with E-state index in [-0.39, 0.29) is 5.57 Å². The summed E-state index contributed by atoms with van der Waals surface area (Å²) in [6.45, 7) is 4.00. The van der Waals surface area contributed by atoms with Crippen LogP contribution in [0.4, 0.5) is 0 Å². The number of benzene rings is 2. The van der Waals surface area contributed by atoms with Crippen LogP contribution in [0.2, 0.25) is 0 Å². The van der Waals surface area contributed by atoms with Crippen LogP contribution in [0.1, 0.15) is 67.6 Å². The number of carbonyl (C=O) groups is 1. The minimum absolute atomic E-state index is 0.0851. The van der Waals surface area contributed by atoms with Crippen LogP contribution in [-0.2, 0) is 16.2 Å². The van der Waals surface area contributed by atoms with Gasteiger partial charge in [-0.3, -0.25) is 0 Å². The molecule has 0 aliphatic heterocycles. The molecule has 1 fully saturated rings. The van der Waals surface area contributed by atoms with Gasteiger partial charge in [0.25, 0.3) is 0 Å². The minimum atomic E-state index is -1.01. The molecular weight excluding hydrogens is 402 g/mol. The number of carboxylic acids is 1. The second-order valence-corrected chi connectivity index (χ2v) is 8.37. The molecule has 170 valence electrons. The highest BCUT2D eigenvalue weighted by atomic mass is 16.6. The van der Waals surface area contributed by atoms with E-state index in [1.54, 1.807) is 13.2 Å². The Hall–Kier alpha value is -3.08. The van der Waals surface area contributed by atoms with Gasteiger partial charge >= 0.3 is 5.97 Å². The number of oxime groups is 1. The zero-order chi connectivity index (χ0) is 22.8. The third kappa shape index (κ3) is 6.98. The lowest BCUT2D eigenvalue weighted by atomic mass is 10.0. The highest BCUT2D eigenvalue weighted by molar-refractivity contribution is 6.14. The molecule has 2 atom stereocenters. The fourth-order valence-corrected chi connectivity index (χ4v) is 4.15. The van der Waals surface area contributed by atoms with Crippen molar-refractivity contribution in [2.45, 2.75) is 57.5 Å². The highest BCUT2D eigenvalue weighted by Crippen LogP contribution is 2.50. The Morgan fingerprint density at radius 2 is 1.97 bits per heavy atom. The van der Waals surface area contributed by atoms with E-state index in [1.807, 2.05) is 36.5 Å². The zero-order valence-electron chi connectivity index (χ0n) is 18.8. The predicted octanol–water partition coefficient (Wildman–Crippen LogP) is 6.44. The van der Waals surface area contributed by atoms with E-state index in [4.69, 9.17) is 4.74 Å². The molecule has 3 rings (SSSR count). The lowest BCUT2D eigenvalue weighted by Crippen LogP contribution is -2.04. The maximum Gasteiger partial charge on any atom is 0.335 e. The molecule has 0 bridgehead atoms. The van der Waals surface area contributed by atoms with Crippen molar-refractivity contribution in [3.8, 4) is 5.75 Å². The molecule has 1 N–H and O–H groups in total. The molecule has 0 radical (unpaired) electrons. The summed E-state index contributed by atoms with van der Waals surface area (Å²) in [5.41, 5.74) is 2.86. The largest absolute Gasteiger partial charge is 0.489 e. The van der Waals surface area contributed by atoms with Crippen LogP contribution in [0.25, 0.3) is 5.57 Å². The molecule has 5 nitrogen and oxygen atoms in total. The molecule has 1 saturated carbocycles. The van der Waals surface area contributed by atoms with Gasteiger partial charge in [-0.05, 0) is 66.3 Å². The van der Waals surface area contributed by atoms with Gasteiger partial charge < -0.3 is 14.7 Å². The fourth-order valence-electron chi connectivity index (χ4n) is 4.15. The Kier molecular flexibility index (Phi) is 8.90. The normalized spacial score (nSPS) is 17.3. The average molecular weight is 436 g/mol. The molecular formula is C27H33NO4. The summed E-state index contributed by atoms with van der Waals surface area (Å²) in [7, 11) is 1.57. The lowest BCUT2D eigenvalue weighted by Gasteiger charge is -2.12. The van der Waals surface area contributed by atoms with E-state index < -0.39 is 5.97 Å². The number of hydrogen-bond donors (Lipinski definition) is 1. The number of ether oxygens (including phenoxy) is 1. The first-order valence-electron chi connectivity index (χ1n) is 11.4. The number of rotatable bonds is 14. The van der Waals surface area contributed by atoms with Gasteiger partial charge in [0.1, 0.15) is 19.5 Å². The Labute approximate surface area is 190 Å². The first kappa shape index (κ1) is 23.6. The molecule has 0 amide bonds. The Morgan fingerprint density at radius 3 is 2.78 bits per heavy atom. The van der Waals surface area contributed by atoms with Crippen molar-refractivity contribution in [1.29, 1.82) is 0 Å². The van der Waals surface area contributed by atoms with Crippen molar-refractivity contribution in [2.24, 2.45) is 11.1 Å². The monoisotopic (exact) mass is 435 g/mol. The summed E-state index contributed by atoms with van der Waals surface area (Å²) in [4.78, 5) is 16.0. The van der Waals surface area contributed by atoms with Crippen LogP contribution in [0.5, 0.6) is 5.75 Å². The summed E-state index contributed by atoms with van der Waals surface area (Å²) in [5, 5.41) is 13.0. The van der Waals surface area contributed by atoms with Crippen molar-refractivity contribution in [1.82, 2.24) is 0 Å². The first-order chi connectivity index (χ1) is 15.6. The van der Waals surface area contributed by atoms with E-state index >= 15 is 0 Å². The third-order valence-corrected chi connectivity index (χ3v) is 6.04. The van der Waals surface area contributed by atoms with Gasteiger partial charge in [0.05, 0.1) is 5.57 Å². The highest BCUT2D eigenvalue weighted by Gasteiger charge is 2.37. The Balaban J connectivity index is 1.45. The predicted molar refractivity (Wildman–Crippen MR) is 128 cm³/mol. The summed E-state index contributed by atoms with van der Waals surface area (Å²) in [6.07, 6.45) is 10.3. The Morgan fingerprint density at radius 1 is 1.16 bits per heavy atom. The zero-order valence-corrected chi connectivity index (χ0v) is 18.8. The van der Waals surface area contributed by atoms with Crippen LogP contribution in [0, 0.1) is 5.92 Å². The number of nitrogens with zero attached hydrogens (tertiary/aromatic N) is 1. The van der Waals surface area contributed by atoms with Crippen LogP contribution in [-0.4, -0.2) is 24.4 Å². The van der Waals surface area contributed by atoms with E-state index in [9.17, 15) is 9.90 Å². The number of carboxylic acid groups (broad SMARTS) is 1. The van der Waals surface area contributed by atoms with Gasteiger partial charge in [-0.2, -0.15) is 0 Å². The maximum atomic E-state index is 11.3. The molecule has 2 unspecified atom stereocenters. The van der Waals surface area contributed by atoms with Crippen molar-refractivity contribution in [3.05, 3.63) is 71.8 Å². The van der Waals surface area contributed by atoms with Crippen LogP contribution in [0.3, 0.4) is 0 Å². The van der Waals surface area contributed by atoms with Crippen LogP contribution in [0.15, 0.2) is 60.3 Å². The molecule has 1 aliphatic rings. The van der Waals surface area contributed by atoms with Crippen molar-refractivity contribution in [2.75, 3.05) is 7.11 Å². The molecule has 5 heteroatoms. The summed E-state index contributed by atoms with van der Waals surface area (Å²) >= 11 is 0. The van der Waals surface area contributed by atoms with Crippen molar-refractivity contribution < 1.29 is 19.5 Å². The number of aliphatic carboxylic acids is 1. The smallest absolute Gasteiger partial charge is 0.335 e. The molecule has 32 heavy (non-hydrogen) atoms. The molecule has 0 saturated heterocycles. The maximum absolute atomic E-state index is 11.3. The van der Waals surface area contributed by atoms with Crippen molar-refractivity contribution in [3.63, 3.8) is 0 Å². The molecule has 0 aromatic heterocycles. The van der Waals surface area contributed by atoms with Gasteiger partial charge in [-0.1, -0.05) is 67.4 Å².